The largest absolute Gasteiger partial charge is 0.492 e. The molecule has 0 radical (unpaired) electrons. The van der Waals surface area contributed by atoms with Crippen LogP contribution in [0.25, 0.3) is 10.2 Å². The lowest BCUT2D eigenvalue weighted by atomic mass is 10.2. The molecule has 0 saturated carbocycles. The third-order valence-electron chi connectivity index (χ3n) is 4.46. The van der Waals surface area contributed by atoms with Gasteiger partial charge in [0.15, 0.2) is 5.13 Å². The van der Waals surface area contributed by atoms with Crippen molar-refractivity contribution in [2.75, 3.05) is 38.7 Å². The molecular weight excluding hydrogens is 410 g/mol. The average Bonchev–Trinajstić information content (AvgIpc) is 3.22. The van der Waals surface area contributed by atoms with Crippen LogP contribution >= 0.6 is 23.7 Å². The van der Waals surface area contributed by atoms with E-state index in [0.29, 0.717) is 24.0 Å². The fourth-order valence-corrected chi connectivity index (χ4v) is 4.12. The molecule has 0 atom stereocenters. The molecule has 0 N–H and O–H groups in total. The van der Waals surface area contributed by atoms with Crippen molar-refractivity contribution in [2.45, 2.75) is 20.3 Å². The monoisotopic (exact) mass is 437 g/mol. The Balaban J connectivity index is 0.00000300. The van der Waals surface area contributed by atoms with E-state index >= 15 is 0 Å². The summed E-state index contributed by atoms with van der Waals surface area (Å²) in [4.78, 5) is 22.1. The number of fused-ring (bicyclic) bond motifs is 1. The molecule has 0 spiro atoms. The third kappa shape index (κ3) is 5.07. The van der Waals surface area contributed by atoms with E-state index in [1.807, 2.05) is 46.1 Å². The predicted octanol–water partition coefficient (Wildman–Crippen LogP) is 3.76. The van der Waals surface area contributed by atoms with Crippen LogP contribution in [0.5, 0.6) is 5.75 Å². The molecule has 9 heteroatoms. The van der Waals surface area contributed by atoms with Crippen molar-refractivity contribution in [2.24, 2.45) is 7.05 Å². The molecule has 2 aromatic heterocycles. The molecule has 158 valence electrons. The van der Waals surface area contributed by atoms with Gasteiger partial charge in [0.25, 0.3) is 5.91 Å². The van der Waals surface area contributed by atoms with Crippen molar-refractivity contribution in [1.82, 2.24) is 19.7 Å². The normalized spacial score (nSPS) is 11.0. The first kappa shape index (κ1) is 23.1. The van der Waals surface area contributed by atoms with Crippen LogP contribution in [0.15, 0.2) is 24.4 Å². The summed E-state index contributed by atoms with van der Waals surface area (Å²) in [6, 6.07) is 5.88. The lowest BCUT2D eigenvalue weighted by Crippen LogP contribution is -2.35. The van der Waals surface area contributed by atoms with Crippen molar-refractivity contribution in [1.29, 1.82) is 0 Å². The van der Waals surface area contributed by atoms with E-state index in [9.17, 15) is 4.79 Å². The Morgan fingerprint density at radius 2 is 2.03 bits per heavy atom. The van der Waals surface area contributed by atoms with E-state index in [-0.39, 0.29) is 18.3 Å². The van der Waals surface area contributed by atoms with E-state index in [2.05, 4.69) is 10.00 Å². The van der Waals surface area contributed by atoms with Crippen molar-refractivity contribution in [3.63, 3.8) is 0 Å². The lowest BCUT2D eigenvalue weighted by Gasteiger charge is -2.21. The van der Waals surface area contributed by atoms with Crippen molar-refractivity contribution >= 4 is 45.0 Å². The van der Waals surface area contributed by atoms with Crippen LogP contribution in [0.1, 0.15) is 29.4 Å². The second-order valence-corrected chi connectivity index (χ2v) is 7.95. The number of ether oxygens (including phenoxy) is 1. The molecule has 3 aromatic rings. The highest BCUT2D eigenvalue weighted by Gasteiger charge is 2.25. The topological polar surface area (TPSA) is 63.5 Å². The quantitative estimate of drug-likeness (QED) is 0.537. The Labute approximate surface area is 181 Å². The number of halogens is 1. The van der Waals surface area contributed by atoms with Gasteiger partial charge in [-0.2, -0.15) is 5.10 Å². The van der Waals surface area contributed by atoms with Gasteiger partial charge in [0, 0.05) is 13.6 Å². The maximum atomic E-state index is 13.4. The maximum Gasteiger partial charge on any atom is 0.278 e. The smallest absolute Gasteiger partial charge is 0.278 e. The molecule has 0 aliphatic heterocycles. The van der Waals surface area contributed by atoms with Gasteiger partial charge in [0.05, 0.1) is 17.5 Å². The Morgan fingerprint density at radius 3 is 2.66 bits per heavy atom. The minimum atomic E-state index is -0.0757. The van der Waals surface area contributed by atoms with E-state index in [1.54, 1.807) is 22.8 Å². The van der Waals surface area contributed by atoms with Gasteiger partial charge in [0.1, 0.15) is 17.0 Å². The van der Waals surface area contributed by atoms with Gasteiger partial charge in [-0.3, -0.25) is 14.4 Å². The molecule has 0 fully saturated rings. The molecule has 1 amide bonds. The zero-order valence-electron chi connectivity index (χ0n) is 17.5. The molecule has 0 saturated heterocycles. The summed E-state index contributed by atoms with van der Waals surface area (Å²) in [7, 11) is 5.86. The summed E-state index contributed by atoms with van der Waals surface area (Å²) >= 11 is 1.51. The van der Waals surface area contributed by atoms with E-state index in [1.165, 1.54) is 11.3 Å². The molecule has 29 heavy (non-hydrogen) atoms. The van der Waals surface area contributed by atoms with Gasteiger partial charge in [0.2, 0.25) is 0 Å². The van der Waals surface area contributed by atoms with Crippen molar-refractivity contribution in [3.8, 4) is 5.75 Å². The number of rotatable bonds is 8. The number of anilines is 1. The van der Waals surface area contributed by atoms with Crippen LogP contribution in [-0.2, 0) is 7.05 Å². The summed E-state index contributed by atoms with van der Waals surface area (Å²) < 4.78 is 8.36. The van der Waals surface area contributed by atoms with Gasteiger partial charge in [-0.15, -0.1) is 12.4 Å². The van der Waals surface area contributed by atoms with E-state index < -0.39 is 0 Å². The Bertz CT molecular complexity index is 950. The highest BCUT2D eigenvalue weighted by Crippen LogP contribution is 2.35. The standard InChI is InChI=1S/C20H27N5O2S.ClH/c1-6-27-15-9-7-10-16-17(15)22-20(28-16)25(12-8-11-23(3)4)19(26)18-14(2)13-21-24(18)5;/h7,9-10,13H,6,8,11-12H2,1-5H3;1H. The van der Waals surface area contributed by atoms with Crippen molar-refractivity contribution < 1.29 is 9.53 Å². The predicted molar refractivity (Wildman–Crippen MR) is 121 cm³/mol. The summed E-state index contributed by atoms with van der Waals surface area (Å²) in [6.45, 7) is 5.92. The number of hydrogen-bond donors (Lipinski definition) is 0. The van der Waals surface area contributed by atoms with Crippen molar-refractivity contribution in [3.05, 3.63) is 35.7 Å². The van der Waals surface area contributed by atoms with Crippen LogP contribution < -0.4 is 9.64 Å². The zero-order valence-corrected chi connectivity index (χ0v) is 19.1. The summed E-state index contributed by atoms with van der Waals surface area (Å²) in [5.41, 5.74) is 2.26. The van der Waals surface area contributed by atoms with Gasteiger partial charge in [-0.1, -0.05) is 17.4 Å². The molecule has 0 unspecified atom stereocenters. The number of benzene rings is 1. The number of thiazole rings is 1. The highest BCUT2D eigenvalue weighted by molar-refractivity contribution is 7.22. The van der Waals surface area contributed by atoms with E-state index in [0.717, 1.165) is 34.5 Å². The fraction of sp³-hybridized carbons (Fsp3) is 0.450. The Kier molecular flexibility index (Phi) is 8.01. The first-order valence-electron chi connectivity index (χ1n) is 9.40. The van der Waals surface area contributed by atoms with Gasteiger partial charge < -0.3 is 9.64 Å². The number of aromatic nitrogens is 3. The number of aryl methyl sites for hydroxylation is 2. The number of hydrogen-bond acceptors (Lipinski definition) is 6. The summed E-state index contributed by atoms with van der Waals surface area (Å²) in [5, 5.41) is 4.91. The summed E-state index contributed by atoms with van der Waals surface area (Å²) in [5.74, 6) is 0.674. The van der Waals surface area contributed by atoms with Crippen LogP contribution in [0.3, 0.4) is 0 Å². The molecule has 3 rings (SSSR count). The minimum absolute atomic E-state index is 0. The van der Waals surface area contributed by atoms with Crippen LogP contribution in [0, 0.1) is 6.92 Å². The SMILES string of the molecule is CCOc1cccc2sc(N(CCCN(C)C)C(=O)c3c(C)cnn3C)nc12.Cl. The number of nitrogens with zero attached hydrogens (tertiary/aromatic N) is 5. The zero-order chi connectivity index (χ0) is 20.3. The van der Waals surface area contributed by atoms with Crippen LogP contribution in [0.2, 0.25) is 0 Å². The molecule has 0 aliphatic carbocycles. The first-order chi connectivity index (χ1) is 13.4. The van der Waals surface area contributed by atoms with Crippen LogP contribution in [0.4, 0.5) is 5.13 Å². The average molecular weight is 438 g/mol. The molecule has 7 nitrogen and oxygen atoms in total. The number of carbonyl (C=O) groups excluding carboxylic acids is 1. The second-order valence-electron chi connectivity index (χ2n) is 6.95. The Hall–Kier alpha value is -2.16. The number of carbonyl (C=O) groups is 1. The molecular formula is C20H28ClN5O2S. The van der Waals surface area contributed by atoms with Crippen LogP contribution in [-0.4, -0.2) is 59.4 Å². The molecule has 1 aromatic carbocycles. The summed E-state index contributed by atoms with van der Waals surface area (Å²) in [6.07, 6.45) is 2.57. The number of para-hydroxylation sites is 1. The third-order valence-corrected chi connectivity index (χ3v) is 5.50. The molecule has 2 heterocycles. The fourth-order valence-electron chi connectivity index (χ4n) is 3.11. The number of amides is 1. The minimum Gasteiger partial charge on any atom is -0.492 e. The lowest BCUT2D eigenvalue weighted by molar-refractivity contribution is 0.0976. The van der Waals surface area contributed by atoms with Gasteiger partial charge in [-0.25, -0.2) is 4.98 Å². The molecule has 0 bridgehead atoms. The van der Waals surface area contributed by atoms with E-state index in [4.69, 9.17) is 9.72 Å². The second kappa shape index (κ2) is 10.0. The Morgan fingerprint density at radius 1 is 1.28 bits per heavy atom. The van der Waals surface area contributed by atoms with Gasteiger partial charge >= 0.3 is 0 Å². The first-order valence-corrected chi connectivity index (χ1v) is 10.2. The maximum absolute atomic E-state index is 13.4. The highest BCUT2D eigenvalue weighted by atomic mass is 35.5. The molecule has 0 aliphatic rings. The van der Waals surface area contributed by atoms with Gasteiger partial charge in [-0.05, 0) is 58.6 Å².